The van der Waals surface area contributed by atoms with Gasteiger partial charge < -0.3 is 24.0 Å². The van der Waals surface area contributed by atoms with Crippen molar-refractivity contribution in [3.8, 4) is 11.8 Å². The monoisotopic (exact) mass is 433 g/mol. The second-order valence-electron chi connectivity index (χ2n) is 8.75. The molecule has 1 fully saturated rings. The average molecular weight is 433 g/mol. The first-order chi connectivity index (χ1) is 14.6. The molecule has 2 aliphatic heterocycles. The number of nitriles is 1. The van der Waals surface area contributed by atoms with Gasteiger partial charge in [0.05, 0.1) is 17.7 Å². The number of fused-ring (bicyclic) bond motifs is 2. The van der Waals surface area contributed by atoms with Gasteiger partial charge in [0.25, 0.3) is 0 Å². The van der Waals surface area contributed by atoms with Crippen LogP contribution in [0.3, 0.4) is 0 Å². The fourth-order valence-electron chi connectivity index (χ4n) is 4.19. The third-order valence-electron chi connectivity index (χ3n) is 5.56. The van der Waals surface area contributed by atoms with Gasteiger partial charge in [-0.25, -0.2) is 9.18 Å². The molecule has 0 saturated carbocycles. The zero-order valence-electron chi connectivity index (χ0n) is 18.4. The maximum absolute atomic E-state index is 15.3. The summed E-state index contributed by atoms with van der Waals surface area (Å²) in [7, 11) is 1.53. The Labute approximate surface area is 181 Å². The van der Waals surface area contributed by atoms with Crippen LogP contribution in [0, 0.1) is 17.1 Å². The summed E-state index contributed by atoms with van der Waals surface area (Å²) in [6.07, 6.45) is 0.137. The minimum absolute atomic E-state index is 0.191. The Balaban J connectivity index is 1.91. The third kappa shape index (κ3) is 4.44. The number of ether oxygens (including phenoxy) is 3. The number of amides is 2. The Morgan fingerprint density at radius 1 is 1.29 bits per heavy atom. The fraction of sp³-hybridized carbons (Fsp3) is 0.591. The lowest BCUT2D eigenvalue weighted by Gasteiger charge is -2.39. The molecule has 0 N–H and O–H groups in total. The number of hydrogen-bond acceptors (Lipinski definition) is 6. The van der Waals surface area contributed by atoms with Crippen molar-refractivity contribution in [2.24, 2.45) is 0 Å². The Hall–Kier alpha value is -2.86. The minimum atomic E-state index is -1.06. The zero-order valence-corrected chi connectivity index (χ0v) is 18.4. The first-order valence-corrected chi connectivity index (χ1v) is 10.3. The van der Waals surface area contributed by atoms with E-state index in [1.807, 2.05) is 6.07 Å². The lowest BCUT2D eigenvalue weighted by molar-refractivity contribution is -0.125. The van der Waals surface area contributed by atoms with Crippen LogP contribution in [-0.4, -0.2) is 62.5 Å². The maximum Gasteiger partial charge on any atom is 0.410 e. The summed E-state index contributed by atoms with van der Waals surface area (Å²) >= 11 is 0. The van der Waals surface area contributed by atoms with Crippen molar-refractivity contribution in [3.63, 3.8) is 0 Å². The second kappa shape index (κ2) is 8.71. The van der Waals surface area contributed by atoms with Crippen molar-refractivity contribution >= 4 is 17.7 Å². The van der Waals surface area contributed by atoms with E-state index in [1.165, 1.54) is 18.1 Å². The van der Waals surface area contributed by atoms with Crippen LogP contribution in [0.15, 0.2) is 12.1 Å². The lowest BCUT2D eigenvalue weighted by atomic mass is 9.73. The second-order valence-corrected chi connectivity index (χ2v) is 8.75. The highest BCUT2D eigenvalue weighted by molar-refractivity contribution is 6.08. The molecule has 8 nitrogen and oxygen atoms in total. The van der Waals surface area contributed by atoms with Crippen molar-refractivity contribution < 1.29 is 28.2 Å². The number of nitrogens with zero attached hydrogens (tertiary/aromatic N) is 3. The molecule has 0 atom stereocenters. The van der Waals surface area contributed by atoms with Crippen LogP contribution in [0.5, 0.6) is 5.75 Å². The summed E-state index contributed by atoms with van der Waals surface area (Å²) in [5, 5.41) is 8.75. The Morgan fingerprint density at radius 2 is 1.97 bits per heavy atom. The molecule has 2 heterocycles. The minimum Gasteiger partial charge on any atom is -0.479 e. The largest absolute Gasteiger partial charge is 0.479 e. The van der Waals surface area contributed by atoms with E-state index in [2.05, 4.69) is 0 Å². The Morgan fingerprint density at radius 3 is 2.55 bits per heavy atom. The molecule has 31 heavy (non-hydrogen) atoms. The molecule has 1 spiro atoms. The number of piperidine rings is 1. The predicted octanol–water partition coefficient (Wildman–Crippen LogP) is 2.99. The van der Waals surface area contributed by atoms with E-state index in [4.69, 9.17) is 19.5 Å². The van der Waals surface area contributed by atoms with E-state index in [9.17, 15) is 9.59 Å². The van der Waals surface area contributed by atoms with Gasteiger partial charge in [-0.1, -0.05) is 0 Å². The molecule has 0 radical (unpaired) electrons. The van der Waals surface area contributed by atoms with Crippen LogP contribution in [-0.2, 0) is 19.7 Å². The van der Waals surface area contributed by atoms with Gasteiger partial charge in [-0.3, -0.25) is 4.79 Å². The van der Waals surface area contributed by atoms with Gasteiger partial charge in [0, 0.05) is 44.4 Å². The topological polar surface area (TPSA) is 92.1 Å². The molecule has 1 saturated heterocycles. The molecule has 1 aromatic rings. The van der Waals surface area contributed by atoms with Crippen molar-refractivity contribution in [2.45, 2.75) is 44.6 Å². The van der Waals surface area contributed by atoms with Gasteiger partial charge in [0.2, 0.25) is 5.91 Å². The molecule has 3 rings (SSSR count). The van der Waals surface area contributed by atoms with E-state index >= 15 is 4.39 Å². The van der Waals surface area contributed by atoms with Gasteiger partial charge in [-0.2, -0.15) is 5.26 Å². The molecule has 168 valence electrons. The summed E-state index contributed by atoms with van der Waals surface area (Å²) < 4.78 is 31.1. The number of likely N-dealkylation sites (tertiary alicyclic amines) is 1. The van der Waals surface area contributed by atoms with Crippen LogP contribution in [0.2, 0.25) is 0 Å². The summed E-state index contributed by atoms with van der Waals surface area (Å²) in [5.41, 5.74) is -0.924. The molecule has 2 aliphatic rings. The van der Waals surface area contributed by atoms with Gasteiger partial charge in [0.1, 0.15) is 23.2 Å². The van der Waals surface area contributed by atoms with Crippen LogP contribution in [0.1, 0.15) is 39.2 Å². The number of carbonyl (C=O) groups is 2. The molecular weight excluding hydrogens is 405 g/mol. The van der Waals surface area contributed by atoms with Crippen molar-refractivity contribution in [2.75, 3.05) is 44.9 Å². The number of carbonyl (C=O) groups excluding carboxylic acids is 2. The standard InChI is InChI=1S/C22H28FN3O5/c1-21(2,3)31-20(28)25-8-5-22(6-9-25)18-16(23)13-15(30-11-7-24)14-17(18)26(19(22)27)10-12-29-4/h13-14H,5-6,8-12H2,1-4H3. The first kappa shape index (κ1) is 22.8. The van der Waals surface area contributed by atoms with E-state index in [-0.39, 0.29) is 57.3 Å². The lowest BCUT2D eigenvalue weighted by Crippen LogP contribution is -2.51. The van der Waals surface area contributed by atoms with Crippen molar-refractivity contribution in [1.82, 2.24) is 4.90 Å². The van der Waals surface area contributed by atoms with E-state index in [0.29, 0.717) is 11.3 Å². The zero-order chi connectivity index (χ0) is 22.8. The average Bonchev–Trinajstić information content (AvgIpc) is 2.92. The van der Waals surface area contributed by atoms with Crippen LogP contribution in [0.4, 0.5) is 14.9 Å². The Bertz CT molecular complexity index is 898. The maximum atomic E-state index is 15.3. The summed E-state index contributed by atoms with van der Waals surface area (Å²) in [6, 6.07) is 4.66. The molecular formula is C22H28FN3O5. The predicted molar refractivity (Wildman–Crippen MR) is 110 cm³/mol. The fourth-order valence-corrected chi connectivity index (χ4v) is 4.19. The van der Waals surface area contributed by atoms with Gasteiger partial charge in [-0.05, 0) is 33.6 Å². The molecule has 0 bridgehead atoms. The number of halogens is 1. The number of benzene rings is 1. The molecule has 9 heteroatoms. The normalized spacial score (nSPS) is 17.5. The van der Waals surface area contributed by atoms with Crippen molar-refractivity contribution in [3.05, 3.63) is 23.5 Å². The first-order valence-electron chi connectivity index (χ1n) is 10.3. The van der Waals surface area contributed by atoms with Gasteiger partial charge >= 0.3 is 6.09 Å². The highest BCUT2D eigenvalue weighted by Gasteiger charge is 2.54. The number of rotatable bonds is 5. The van der Waals surface area contributed by atoms with Crippen LogP contribution < -0.4 is 9.64 Å². The SMILES string of the molecule is COCCN1C(=O)C2(CCN(C(=O)OC(C)(C)C)CC2)c2c(F)cc(OCC#N)cc21. The third-order valence-corrected chi connectivity index (χ3v) is 5.56. The van der Waals surface area contributed by atoms with Crippen LogP contribution >= 0.6 is 0 Å². The molecule has 0 unspecified atom stereocenters. The number of hydrogen-bond donors (Lipinski definition) is 0. The molecule has 2 amide bonds. The van der Waals surface area contributed by atoms with Crippen LogP contribution in [0.25, 0.3) is 0 Å². The van der Waals surface area contributed by atoms with E-state index in [1.54, 1.807) is 31.7 Å². The summed E-state index contributed by atoms with van der Waals surface area (Å²) in [6.45, 7) is 6.28. The van der Waals surface area contributed by atoms with Crippen molar-refractivity contribution in [1.29, 1.82) is 5.26 Å². The van der Waals surface area contributed by atoms with Gasteiger partial charge in [-0.15, -0.1) is 0 Å². The van der Waals surface area contributed by atoms with E-state index in [0.717, 1.165) is 0 Å². The summed E-state index contributed by atoms with van der Waals surface area (Å²) in [4.78, 5) is 29.0. The summed E-state index contributed by atoms with van der Waals surface area (Å²) in [5.74, 6) is -0.569. The quantitative estimate of drug-likeness (QED) is 0.709. The number of anilines is 1. The Kier molecular flexibility index (Phi) is 6.41. The number of methoxy groups -OCH3 is 1. The highest BCUT2D eigenvalue weighted by Crippen LogP contribution is 2.50. The van der Waals surface area contributed by atoms with Gasteiger partial charge in [0.15, 0.2) is 6.61 Å². The smallest absolute Gasteiger partial charge is 0.410 e. The molecule has 0 aromatic heterocycles. The molecule has 1 aromatic carbocycles. The van der Waals surface area contributed by atoms with E-state index < -0.39 is 22.9 Å². The molecule has 0 aliphatic carbocycles. The highest BCUT2D eigenvalue weighted by atomic mass is 19.1.